The smallest absolute Gasteiger partial charge is 0.0998 e. The van der Waals surface area contributed by atoms with Crippen LogP contribution in [0.1, 0.15) is 25.1 Å². The van der Waals surface area contributed by atoms with Crippen molar-refractivity contribution in [2.45, 2.75) is 43.8 Å². The van der Waals surface area contributed by atoms with Crippen molar-refractivity contribution in [1.29, 1.82) is 0 Å². The molecule has 0 amide bonds. The number of aryl methyl sites for hydroxylation is 2. The van der Waals surface area contributed by atoms with E-state index in [2.05, 4.69) is 5.10 Å². The van der Waals surface area contributed by atoms with E-state index in [-0.39, 0.29) is 18.0 Å². The van der Waals surface area contributed by atoms with Crippen molar-refractivity contribution in [3.05, 3.63) is 11.3 Å². The fourth-order valence-electron chi connectivity index (χ4n) is 1.28. The molecule has 0 bridgehead atoms. The number of hydrogen-bond donors (Lipinski definition) is 2. The summed E-state index contributed by atoms with van der Waals surface area (Å²) in [6.45, 7) is 5.59. The number of hydrogen-bond acceptors (Lipinski definition) is 4. The molecule has 0 radical (unpaired) electrons. The summed E-state index contributed by atoms with van der Waals surface area (Å²) in [7, 11) is 1.85. The fraction of sp³-hybridized carbons (Fsp3) is 0.700. The van der Waals surface area contributed by atoms with E-state index in [0.29, 0.717) is 0 Å². The standard InChI is InChI=1S/C10H18N2O2S/c1-6-9(5-13)10(12(4)11-6)15-8(3)7(2)14/h7-8,13-14H,5H2,1-4H3. The lowest BCUT2D eigenvalue weighted by Gasteiger charge is -2.14. The zero-order valence-electron chi connectivity index (χ0n) is 9.56. The van der Waals surface area contributed by atoms with Gasteiger partial charge in [0.05, 0.1) is 23.4 Å². The molecule has 1 aromatic heterocycles. The molecule has 2 N–H and O–H groups in total. The second kappa shape index (κ2) is 5.01. The molecule has 2 unspecified atom stereocenters. The molecule has 0 fully saturated rings. The minimum atomic E-state index is -0.378. The van der Waals surface area contributed by atoms with Crippen LogP contribution in [0.25, 0.3) is 0 Å². The molecule has 5 heteroatoms. The van der Waals surface area contributed by atoms with Gasteiger partial charge in [-0.3, -0.25) is 4.68 Å². The Hall–Kier alpha value is -0.520. The average molecular weight is 230 g/mol. The molecule has 0 saturated carbocycles. The van der Waals surface area contributed by atoms with Gasteiger partial charge in [0.15, 0.2) is 0 Å². The third-order valence-corrected chi connectivity index (χ3v) is 3.92. The summed E-state index contributed by atoms with van der Waals surface area (Å²) in [4.78, 5) is 0. The second-order valence-electron chi connectivity index (χ2n) is 3.71. The molecule has 0 spiro atoms. The average Bonchev–Trinajstić information content (AvgIpc) is 2.41. The van der Waals surface area contributed by atoms with Gasteiger partial charge in [-0.05, 0) is 13.8 Å². The van der Waals surface area contributed by atoms with Crippen LogP contribution in [0.2, 0.25) is 0 Å². The predicted octanol–water partition coefficient (Wildman–Crippen LogP) is 1.08. The van der Waals surface area contributed by atoms with Gasteiger partial charge in [0.2, 0.25) is 0 Å². The highest BCUT2D eigenvalue weighted by molar-refractivity contribution is 8.00. The van der Waals surface area contributed by atoms with E-state index < -0.39 is 0 Å². The highest BCUT2D eigenvalue weighted by Crippen LogP contribution is 2.29. The van der Waals surface area contributed by atoms with Crippen molar-refractivity contribution in [2.24, 2.45) is 7.05 Å². The summed E-state index contributed by atoms with van der Waals surface area (Å²) in [5.74, 6) is 0. The van der Waals surface area contributed by atoms with E-state index in [1.807, 2.05) is 20.9 Å². The molecule has 2 atom stereocenters. The SMILES string of the molecule is Cc1nn(C)c(SC(C)C(C)O)c1CO. The van der Waals surface area contributed by atoms with Crippen LogP contribution in [0.3, 0.4) is 0 Å². The molecule has 0 saturated heterocycles. The first-order valence-electron chi connectivity index (χ1n) is 4.95. The van der Waals surface area contributed by atoms with Crippen molar-refractivity contribution in [1.82, 2.24) is 9.78 Å². The quantitative estimate of drug-likeness (QED) is 0.760. The number of aliphatic hydroxyl groups excluding tert-OH is 2. The topological polar surface area (TPSA) is 58.3 Å². The van der Waals surface area contributed by atoms with Gasteiger partial charge in [0.25, 0.3) is 0 Å². The number of nitrogens with zero attached hydrogens (tertiary/aromatic N) is 2. The van der Waals surface area contributed by atoms with E-state index in [4.69, 9.17) is 0 Å². The van der Waals surface area contributed by atoms with Crippen molar-refractivity contribution < 1.29 is 10.2 Å². The van der Waals surface area contributed by atoms with Crippen molar-refractivity contribution in [3.8, 4) is 0 Å². The third kappa shape index (κ3) is 2.74. The van der Waals surface area contributed by atoms with Gasteiger partial charge in [0, 0.05) is 17.9 Å². The van der Waals surface area contributed by atoms with Gasteiger partial charge >= 0.3 is 0 Å². The van der Waals surface area contributed by atoms with Crippen LogP contribution < -0.4 is 0 Å². The number of aromatic nitrogens is 2. The molecule has 4 nitrogen and oxygen atoms in total. The Morgan fingerprint density at radius 3 is 2.53 bits per heavy atom. The Labute approximate surface area is 94.3 Å². The monoisotopic (exact) mass is 230 g/mol. The first-order chi connectivity index (χ1) is 6.97. The van der Waals surface area contributed by atoms with Crippen molar-refractivity contribution in [3.63, 3.8) is 0 Å². The Bertz CT molecular complexity index is 336. The summed E-state index contributed by atoms with van der Waals surface area (Å²) in [6, 6.07) is 0. The zero-order valence-corrected chi connectivity index (χ0v) is 10.4. The Kier molecular flexibility index (Phi) is 4.19. The van der Waals surface area contributed by atoms with E-state index in [1.165, 1.54) is 0 Å². The number of thioether (sulfide) groups is 1. The summed E-state index contributed by atoms with van der Waals surface area (Å²) >= 11 is 1.54. The normalized spacial score (nSPS) is 15.3. The Balaban J connectivity index is 2.93. The predicted molar refractivity (Wildman–Crippen MR) is 60.9 cm³/mol. The first kappa shape index (κ1) is 12.5. The van der Waals surface area contributed by atoms with Crippen LogP contribution in [0.5, 0.6) is 0 Å². The fourth-order valence-corrected chi connectivity index (χ4v) is 2.38. The van der Waals surface area contributed by atoms with Crippen LogP contribution >= 0.6 is 11.8 Å². The molecule has 1 heterocycles. The third-order valence-electron chi connectivity index (χ3n) is 2.42. The van der Waals surface area contributed by atoms with E-state index in [9.17, 15) is 10.2 Å². The molecule has 86 valence electrons. The van der Waals surface area contributed by atoms with Gasteiger partial charge in [-0.25, -0.2) is 0 Å². The van der Waals surface area contributed by atoms with Gasteiger partial charge in [-0.1, -0.05) is 6.92 Å². The molecular formula is C10H18N2O2S. The van der Waals surface area contributed by atoms with Crippen LogP contribution in [-0.4, -0.2) is 31.3 Å². The summed E-state index contributed by atoms with van der Waals surface area (Å²) < 4.78 is 1.75. The van der Waals surface area contributed by atoms with Crippen LogP contribution in [0.15, 0.2) is 5.03 Å². The lowest BCUT2D eigenvalue weighted by atomic mass is 10.3. The number of aliphatic hydroxyl groups is 2. The molecule has 0 aliphatic heterocycles. The maximum Gasteiger partial charge on any atom is 0.0998 e. The summed E-state index contributed by atoms with van der Waals surface area (Å²) in [6.07, 6.45) is -0.378. The highest BCUT2D eigenvalue weighted by Gasteiger charge is 2.18. The largest absolute Gasteiger partial charge is 0.392 e. The summed E-state index contributed by atoms with van der Waals surface area (Å²) in [5, 5.41) is 23.9. The maximum atomic E-state index is 9.43. The van der Waals surface area contributed by atoms with E-state index in [0.717, 1.165) is 16.3 Å². The van der Waals surface area contributed by atoms with Crippen LogP contribution in [-0.2, 0) is 13.7 Å². The zero-order chi connectivity index (χ0) is 11.6. The Morgan fingerprint density at radius 2 is 2.07 bits per heavy atom. The van der Waals surface area contributed by atoms with Crippen LogP contribution in [0.4, 0.5) is 0 Å². The minimum Gasteiger partial charge on any atom is -0.392 e. The highest BCUT2D eigenvalue weighted by atomic mass is 32.2. The molecular weight excluding hydrogens is 212 g/mol. The van der Waals surface area contributed by atoms with Crippen LogP contribution in [0, 0.1) is 6.92 Å². The lowest BCUT2D eigenvalue weighted by molar-refractivity contribution is 0.196. The summed E-state index contributed by atoms with van der Waals surface area (Å²) in [5.41, 5.74) is 1.70. The Morgan fingerprint density at radius 1 is 1.47 bits per heavy atom. The van der Waals surface area contributed by atoms with Crippen molar-refractivity contribution in [2.75, 3.05) is 0 Å². The minimum absolute atomic E-state index is 0.00542. The first-order valence-corrected chi connectivity index (χ1v) is 5.83. The molecule has 0 aromatic carbocycles. The van der Waals surface area contributed by atoms with Gasteiger partial charge in [-0.15, -0.1) is 11.8 Å². The molecule has 15 heavy (non-hydrogen) atoms. The number of rotatable bonds is 4. The van der Waals surface area contributed by atoms with Gasteiger partial charge in [0.1, 0.15) is 0 Å². The van der Waals surface area contributed by atoms with E-state index >= 15 is 0 Å². The maximum absolute atomic E-state index is 9.43. The molecule has 0 aliphatic carbocycles. The molecule has 0 aliphatic rings. The molecule has 1 aromatic rings. The van der Waals surface area contributed by atoms with Gasteiger partial charge < -0.3 is 10.2 Å². The van der Waals surface area contributed by atoms with Gasteiger partial charge in [-0.2, -0.15) is 5.10 Å². The van der Waals surface area contributed by atoms with Crippen molar-refractivity contribution >= 4 is 11.8 Å². The van der Waals surface area contributed by atoms with E-state index in [1.54, 1.807) is 23.4 Å². The lowest BCUT2D eigenvalue weighted by Crippen LogP contribution is -2.16. The molecule has 1 rings (SSSR count). The second-order valence-corrected chi connectivity index (χ2v) is 5.08.